The van der Waals surface area contributed by atoms with E-state index in [4.69, 9.17) is 4.74 Å². The van der Waals surface area contributed by atoms with Gasteiger partial charge in [-0.05, 0) is 46.1 Å². The molecule has 0 amide bonds. The number of piperidine rings is 1. The minimum atomic E-state index is -0.464. The predicted octanol–water partition coefficient (Wildman–Crippen LogP) is 2.00. The van der Waals surface area contributed by atoms with Gasteiger partial charge in [-0.2, -0.15) is 0 Å². The van der Waals surface area contributed by atoms with Crippen LogP contribution in [-0.4, -0.2) is 42.0 Å². The molecule has 0 radical (unpaired) electrons. The summed E-state index contributed by atoms with van der Waals surface area (Å²) in [6, 6.07) is 1.11. The van der Waals surface area contributed by atoms with Crippen LogP contribution in [0, 0.1) is 0 Å². The Labute approximate surface area is 98.1 Å². The second-order valence-corrected chi connectivity index (χ2v) is 5.36. The van der Waals surface area contributed by atoms with E-state index in [0.717, 1.165) is 19.3 Å². The zero-order chi connectivity index (χ0) is 11.8. The molecule has 16 heavy (non-hydrogen) atoms. The molecule has 2 aliphatic heterocycles. The van der Waals surface area contributed by atoms with E-state index in [2.05, 4.69) is 18.9 Å². The Kier molecular flexibility index (Phi) is 3.36. The Balaban J connectivity index is 2.13. The molecule has 3 nitrogen and oxygen atoms in total. The second kappa shape index (κ2) is 4.46. The molecule has 2 rings (SSSR count). The number of ether oxygens (including phenoxy) is 1. The zero-order valence-corrected chi connectivity index (χ0v) is 10.7. The molecule has 0 spiro atoms. The first-order valence-corrected chi connectivity index (χ1v) is 6.46. The summed E-state index contributed by atoms with van der Waals surface area (Å²) in [6.45, 7) is 4.50. The molecule has 2 saturated heterocycles. The molecule has 0 aromatic carbocycles. The lowest BCUT2D eigenvalue weighted by molar-refractivity contribution is -0.153. The van der Waals surface area contributed by atoms with Gasteiger partial charge in [0.25, 0.3) is 0 Å². The van der Waals surface area contributed by atoms with Gasteiger partial charge in [0, 0.05) is 18.7 Å². The highest BCUT2D eigenvalue weighted by Gasteiger charge is 2.50. The van der Waals surface area contributed by atoms with Crippen LogP contribution in [0.3, 0.4) is 0 Å². The van der Waals surface area contributed by atoms with Crippen molar-refractivity contribution in [3.05, 3.63) is 0 Å². The summed E-state index contributed by atoms with van der Waals surface area (Å²) in [7, 11) is 2.19. The van der Waals surface area contributed by atoms with Gasteiger partial charge in [-0.15, -0.1) is 0 Å². The van der Waals surface area contributed by atoms with Gasteiger partial charge in [0.15, 0.2) is 5.78 Å². The molecular weight excluding hydrogens is 202 g/mol. The Bertz CT molecular complexity index is 263. The molecular formula is C13H23NO2. The highest BCUT2D eigenvalue weighted by Crippen LogP contribution is 2.42. The maximum absolute atomic E-state index is 11.9. The summed E-state index contributed by atoms with van der Waals surface area (Å²) in [5.74, 6) is 0.228. The third kappa shape index (κ3) is 1.91. The molecule has 92 valence electrons. The van der Waals surface area contributed by atoms with Gasteiger partial charge in [-0.1, -0.05) is 6.92 Å². The normalized spacial score (nSPS) is 38.9. The van der Waals surface area contributed by atoms with E-state index in [9.17, 15) is 4.79 Å². The molecule has 2 unspecified atom stereocenters. The van der Waals surface area contributed by atoms with Crippen LogP contribution in [0.4, 0.5) is 0 Å². The fourth-order valence-corrected chi connectivity index (χ4v) is 3.23. The fourth-order valence-electron chi connectivity index (χ4n) is 3.23. The van der Waals surface area contributed by atoms with Gasteiger partial charge in [0.1, 0.15) is 5.60 Å². The Hall–Kier alpha value is -0.410. The largest absolute Gasteiger partial charge is 0.367 e. The number of carbonyl (C=O) groups is 1. The van der Waals surface area contributed by atoms with Gasteiger partial charge in [0.2, 0.25) is 0 Å². The van der Waals surface area contributed by atoms with Crippen molar-refractivity contribution in [3.63, 3.8) is 0 Å². The average Bonchev–Trinajstić information content (AvgIpc) is 2.52. The summed E-state index contributed by atoms with van der Waals surface area (Å²) in [4.78, 5) is 14.3. The van der Waals surface area contributed by atoms with Crippen LogP contribution in [0.1, 0.15) is 46.0 Å². The van der Waals surface area contributed by atoms with Crippen molar-refractivity contribution < 1.29 is 9.53 Å². The average molecular weight is 225 g/mol. The Morgan fingerprint density at radius 3 is 2.38 bits per heavy atom. The molecule has 0 saturated carbocycles. The zero-order valence-electron chi connectivity index (χ0n) is 10.7. The lowest BCUT2D eigenvalue weighted by Crippen LogP contribution is -2.54. The molecule has 2 fully saturated rings. The van der Waals surface area contributed by atoms with Crippen molar-refractivity contribution in [3.8, 4) is 0 Å². The molecule has 0 aromatic rings. The third-order valence-corrected chi connectivity index (χ3v) is 4.34. The first-order valence-electron chi connectivity index (χ1n) is 6.46. The van der Waals surface area contributed by atoms with E-state index in [-0.39, 0.29) is 5.78 Å². The minimum Gasteiger partial charge on any atom is -0.367 e. The number of rotatable bonds is 4. The van der Waals surface area contributed by atoms with Crippen LogP contribution >= 0.6 is 0 Å². The van der Waals surface area contributed by atoms with Crippen molar-refractivity contribution in [2.45, 2.75) is 63.6 Å². The van der Waals surface area contributed by atoms with Gasteiger partial charge >= 0.3 is 0 Å². The third-order valence-electron chi connectivity index (χ3n) is 4.34. The second-order valence-electron chi connectivity index (χ2n) is 5.36. The summed E-state index contributed by atoms with van der Waals surface area (Å²) < 4.78 is 5.93. The predicted molar refractivity (Wildman–Crippen MR) is 63.5 cm³/mol. The van der Waals surface area contributed by atoms with Crippen molar-refractivity contribution in [2.75, 3.05) is 13.7 Å². The molecule has 2 bridgehead atoms. The van der Waals surface area contributed by atoms with E-state index < -0.39 is 5.60 Å². The lowest BCUT2D eigenvalue weighted by atomic mass is 9.83. The van der Waals surface area contributed by atoms with Crippen molar-refractivity contribution >= 4 is 5.78 Å². The maximum Gasteiger partial charge on any atom is 0.161 e. The molecule has 3 heteroatoms. The molecule has 0 aromatic heterocycles. The van der Waals surface area contributed by atoms with Gasteiger partial charge in [-0.25, -0.2) is 0 Å². The van der Waals surface area contributed by atoms with Crippen molar-refractivity contribution in [1.29, 1.82) is 0 Å². The molecule has 2 heterocycles. The number of ketones is 1. The smallest absolute Gasteiger partial charge is 0.161 e. The summed E-state index contributed by atoms with van der Waals surface area (Å²) in [6.07, 6.45) is 5.24. The summed E-state index contributed by atoms with van der Waals surface area (Å²) >= 11 is 0. The quantitative estimate of drug-likeness (QED) is 0.733. The van der Waals surface area contributed by atoms with E-state index in [1.165, 1.54) is 12.8 Å². The SMILES string of the molecule is CCCOC1(C(C)=O)CC2CCC(C1)N2C. The van der Waals surface area contributed by atoms with Crippen LogP contribution < -0.4 is 0 Å². The maximum atomic E-state index is 11.9. The number of Topliss-reactive ketones (excluding diaryl/α,β-unsaturated/α-hetero) is 1. The van der Waals surface area contributed by atoms with Gasteiger partial charge in [-0.3, -0.25) is 4.79 Å². The van der Waals surface area contributed by atoms with E-state index in [1.54, 1.807) is 6.92 Å². The highest BCUT2D eigenvalue weighted by atomic mass is 16.5. The number of fused-ring (bicyclic) bond motifs is 2. The Morgan fingerprint density at radius 1 is 1.38 bits per heavy atom. The van der Waals surface area contributed by atoms with Crippen LogP contribution in [0.2, 0.25) is 0 Å². The number of hydrogen-bond acceptors (Lipinski definition) is 3. The fraction of sp³-hybridized carbons (Fsp3) is 0.923. The number of carbonyl (C=O) groups excluding carboxylic acids is 1. The van der Waals surface area contributed by atoms with Crippen LogP contribution in [-0.2, 0) is 9.53 Å². The summed E-state index contributed by atoms with van der Waals surface area (Å²) in [5, 5.41) is 0. The highest BCUT2D eigenvalue weighted by molar-refractivity contribution is 5.85. The van der Waals surface area contributed by atoms with E-state index in [0.29, 0.717) is 18.7 Å². The van der Waals surface area contributed by atoms with E-state index in [1.807, 2.05) is 0 Å². The first kappa shape index (κ1) is 12.1. The number of hydrogen-bond donors (Lipinski definition) is 0. The Morgan fingerprint density at radius 2 is 1.94 bits per heavy atom. The van der Waals surface area contributed by atoms with Crippen LogP contribution in [0.25, 0.3) is 0 Å². The molecule has 2 aliphatic rings. The van der Waals surface area contributed by atoms with Gasteiger partial charge < -0.3 is 9.64 Å². The summed E-state index contributed by atoms with van der Waals surface area (Å²) in [5.41, 5.74) is -0.464. The topological polar surface area (TPSA) is 29.5 Å². The molecule has 2 atom stereocenters. The molecule has 0 aliphatic carbocycles. The lowest BCUT2D eigenvalue weighted by Gasteiger charge is -2.43. The van der Waals surface area contributed by atoms with E-state index >= 15 is 0 Å². The first-order chi connectivity index (χ1) is 7.59. The standard InChI is InChI=1S/C13H23NO2/c1-4-7-16-13(10(2)15)8-11-5-6-12(9-13)14(11)3/h11-12H,4-9H2,1-3H3. The van der Waals surface area contributed by atoms with Gasteiger partial charge in [0.05, 0.1) is 0 Å². The van der Waals surface area contributed by atoms with Crippen LogP contribution in [0.5, 0.6) is 0 Å². The minimum absolute atomic E-state index is 0.228. The van der Waals surface area contributed by atoms with Crippen molar-refractivity contribution in [1.82, 2.24) is 4.90 Å². The number of nitrogens with zero attached hydrogens (tertiary/aromatic N) is 1. The van der Waals surface area contributed by atoms with Crippen LogP contribution in [0.15, 0.2) is 0 Å². The van der Waals surface area contributed by atoms with Crippen molar-refractivity contribution in [2.24, 2.45) is 0 Å². The molecule has 0 N–H and O–H groups in total. The monoisotopic (exact) mass is 225 g/mol.